The van der Waals surface area contributed by atoms with Crippen molar-refractivity contribution in [1.29, 1.82) is 0 Å². The van der Waals surface area contributed by atoms with Crippen LogP contribution in [0.2, 0.25) is 0 Å². The van der Waals surface area contributed by atoms with Gasteiger partial charge in [-0.25, -0.2) is 19.9 Å². The Morgan fingerprint density at radius 1 is 0.212 bits per heavy atom. The lowest BCUT2D eigenvalue weighted by Gasteiger charge is -2.08. The Balaban J connectivity index is 0.000000280. The monoisotopic (exact) mass is 1540 g/mol. The predicted octanol–water partition coefficient (Wildman–Crippen LogP) is 25.9. The van der Waals surface area contributed by atoms with Crippen molar-refractivity contribution in [3.8, 4) is 23.0 Å². The van der Waals surface area contributed by atoms with Crippen LogP contribution in [0.3, 0.4) is 0 Å². The molecule has 0 saturated carbocycles. The summed E-state index contributed by atoms with van der Waals surface area (Å²) in [5.41, 5.74) is 17.2. The third kappa shape index (κ3) is 28.7. The summed E-state index contributed by atoms with van der Waals surface area (Å²) in [5.74, 6) is 3.36. The quantitative estimate of drug-likeness (QED) is 0.0159. The van der Waals surface area contributed by atoms with E-state index in [4.69, 9.17) is 43.6 Å². The molecule has 13 heteroatoms. The molecule has 8 aromatic carbocycles. The lowest BCUT2D eigenvalue weighted by molar-refractivity contribution is -0.646. The van der Waals surface area contributed by atoms with Crippen LogP contribution >= 0.6 is 0 Å². The van der Waals surface area contributed by atoms with Crippen molar-refractivity contribution < 1.29 is 42.0 Å². The molecule has 0 unspecified atom stereocenters. The first-order chi connectivity index (χ1) is 53.9. The van der Waals surface area contributed by atoms with E-state index in [1.165, 1.54) is 234 Å². The first kappa shape index (κ1) is 94.9. The summed E-state index contributed by atoms with van der Waals surface area (Å²) < 4.78 is 37.5. The summed E-state index contributed by atoms with van der Waals surface area (Å²) in [6, 6.07) is 58.1. The Morgan fingerprint density at radius 2 is 0.416 bits per heavy atom. The minimum Gasteiger partial charge on any atom is -0.494 e. The summed E-state index contributed by atoms with van der Waals surface area (Å²) in [6.07, 6.45) is 45.4. The van der Waals surface area contributed by atoms with Crippen LogP contribution in [-0.2, 0) is 30.9 Å². The molecule has 12 rings (SSSR count). The second-order valence-electron chi connectivity index (χ2n) is 29.5. The fourth-order valence-electron chi connectivity index (χ4n) is 15.3. The Morgan fingerprint density at radius 3 is 0.646 bits per heavy atom. The van der Waals surface area contributed by atoms with Gasteiger partial charge in [0.25, 0.3) is 0 Å². The molecule has 0 saturated heterocycles. The maximum absolute atomic E-state index is 5.89. The van der Waals surface area contributed by atoms with E-state index in [0.717, 1.165) is 135 Å². The number of methoxy groups -OCH3 is 4. The van der Waals surface area contributed by atoms with Gasteiger partial charge >= 0.3 is 0 Å². The van der Waals surface area contributed by atoms with Crippen LogP contribution in [0.25, 0.3) is 88.3 Å². The fourth-order valence-corrected chi connectivity index (χ4v) is 15.3. The van der Waals surface area contributed by atoms with Gasteiger partial charge in [-0.15, -0.1) is 0 Å². The average Bonchev–Trinajstić information content (AvgIpc) is 0.790. The molecular formula is C100H144N8O5. The summed E-state index contributed by atoms with van der Waals surface area (Å²) >= 11 is 0. The minimum absolute atomic E-state index is 0. The van der Waals surface area contributed by atoms with Crippen LogP contribution in [0.15, 0.2) is 170 Å². The molecule has 13 nitrogen and oxygen atoms in total. The molecule has 0 fully saturated rings. The lowest BCUT2D eigenvalue weighted by Crippen LogP contribution is -2.36. The molecule has 0 aliphatic rings. The fraction of sp³-hybridized carbons (Fsp3) is 0.480. The second kappa shape index (κ2) is 54.9. The summed E-state index contributed by atoms with van der Waals surface area (Å²) in [5, 5.41) is 0. The first-order valence-electron chi connectivity index (χ1n) is 42.5. The molecule has 614 valence electrons. The highest BCUT2D eigenvalue weighted by Crippen LogP contribution is 2.29. The van der Waals surface area contributed by atoms with E-state index in [2.05, 4.69) is 155 Å². The van der Waals surface area contributed by atoms with Crippen LogP contribution in [0, 0.1) is 29.7 Å². The van der Waals surface area contributed by atoms with Crippen molar-refractivity contribution in [3.05, 3.63) is 200 Å². The van der Waals surface area contributed by atoms with Gasteiger partial charge in [-0.1, -0.05) is 261 Å². The highest BCUT2D eigenvalue weighted by molar-refractivity contribution is 5.88. The molecule has 0 atom stereocenters. The van der Waals surface area contributed by atoms with E-state index in [9.17, 15) is 0 Å². The van der Waals surface area contributed by atoms with Gasteiger partial charge in [0.2, 0.25) is 44.1 Å². The maximum atomic E-state index is 5.89. The molecular weight excluding hydrogens is 1390 g/mol. The van der Waals surface area contributed by atoms with Gasteiger partial charge in [-0.05, 0) is 80.6 Å². The van der Waals surface area contributed by atoms with Gasteiger partial charge in [0.05, 0.1) is 28.4 Å². The molecule has 0 bridgehead atoms. The Labute approximate surface area is 682 Å². The van der Waals surface area contributed by atoms with Gasteiger partial charge in [-0.3, -0.25) is 0 Å². The van der Waals surface area contributed by atoms with Crippen molar-refractivity contribution in [2.75, 3.05) is 41.7 Å². The van der Waals surface area contributed by atoms with E-state index in [1.54, 1.807) is 28.4 Å². The number of benzene rings is 8. The number of nitrogens with zero attached hydrogens (tertiary/aromatic N) is 8. The standard InChI is InChI=1S/C39H63N2O2.C21H27N2O.C20H25N2O.C16H17N2O.4CH3/c1-3-4-5-6-7-8-9-11-14-17-20-25-33-43-34-26-21-18-15-12-10-13-16-19-24-32-41-36-29-23-22-28-35(36)40-39-37(41)30-27-31-38(39)42-2;1-3-4-5-6-7-10-16-23-18-13-9-8-12-17(18)22-21-19(23)14-11-15-20(21)24-2;1-3-4-5-6-9-15-22-17-12-8-7-11-16(17)21-20-18(22)13-10-14-19(20)23-2;1-3-11-18-13-8-5-4-7-12(13)17-16-14(18)9-6-10-15(16)19-2;;;;/h22-23,27-31H,3-21,24-26,32-34H2,1-2H3;8-9,11-15H,3-7,10,16H2,1-2H3;7-8,10-14H,3-6,9,15H2,1-2H3;4-10H,3,11H2,1-2H3;4*1H3/q4*+1;4*-1. The zero-order valence-corrected chi connectivity index (χ0v) is 72.1. The van der Waals surface area contributed by atoms with Crippen LogP contribution in [-0.4, -0.2) is 61.6 Å². The molecule has 0 radical (unpaired) electrons. The van der Waals surface area contributed by atoms with Gasteiger partial charge < -0.3 is 53.4 Å². The molecule has 113 heavy (non-hydrogen) atoms. The van der Waals surface area contributed by atoms with Crippen LogP contribution in [0.1, 0.15) is 246 Å². The average molecular weight is 1540 g/mol. The molecule has 0 amide bonds. The smallest absolute Gasteiger partial charge is 0.235 e. The first-order valence-corrected chi connectivity index (χ1v) is 42.5. The number of para-hydroxylation sites is 12. The third-order valence-corrected chi connectivity index (χ3v) is 21.3. The number of aromatic nitrogens is 8. The number of ether oxygens (including phenoxy) is 5. The summed E-state index contributed by atoms with van der Waals surface area (Å²) in [7, 11) is 6.84. The van der Waals surface area contributed by atoms with Crippen LogP contribution in [0.5, 0.6) is 23.0 Å². The van der Waals surface area contributed by atoms with Gasteiger partial charge in [0, 0.05) is 87.4 Å². The molecule has 12 aromatic rings. The normalized spacial score (nSPS) is 10.9. The van der Waals surface area contributed by atoms with Crippen molar-refractivity contribution in [2.24, 2.45) is 0 Å². The predicted molar refractivity (Wildman–Crippen MR) is 480 cm³/mol. The highest BCUT2D eigenvalue weighted by atomic mass is 16.5. The summed E-state index contributed by atoms with van der Waals surface area (Å²) in [4.78, 5) is 19.3. The van der Waals surface area contributed by atoms with E-state index in [1.807, 2.05) is 60.7 Å². The van der Waals surface area contributed by atoms with E-state index in [-0.39, 0.29) is 29.7 Å². The molecule has 0 aliphatic heterocycles. The van der Waals surface area contributed by atoms with E-state index >= 15 is 0 Å². The van der Waals surface area contributed by atoms with Crippen LogP contribution in [0.4, 0.5) is 0 Å². The largest absolute Gasteiger partial charge is 0.494 e. The molecule has 0 N–H and O–H groups in total. The number of fused-ring (bicyclic) bond motifs is 8. The Hall–Kier alpha value is -8.68. The lowest BCUT2D eigenvalue weighted by atomic mass is 10.1. The van der Waals surface area contributed by atoms with Crippen molar-refractivity contribution in [1.82, 2.24) is 19.9 Å². The zero-order valence-electron chi connectivity index (χ0n) is 72.1. The van der Waals surface area contributed by atoms with Crippen molar-refractivity contribution in [3.63, 3.8) is 0 Å². The third-order valence-electron chi connectivity index (χ3n) is 21.3. The van der Waals surface area contributed by atoms with Crippen molar-refractivity contribution >= 4 is 88.3 Å². The van der Waals surface area contributed by atoms with Crippen LogP contribution < -0.4 is 37.2 Å². The van der Waals surface area contributed by atoms with E-state index in [0.29, 0.717) is 0 Å². The van der Waals surface area contributed by atoms with E-state index < -0.39 is 0 Å². The Bertz CT molecular complexity index is 4620. The second-order valence-corrected chi connectivity index (χ2v) is 29.5. The number of unbranched alkanes of at least 4 members (excludes halogenated alkanes) is 29. The Kier molecular flexibility index (Phi) is 46.1. The van der Waals surface area contributed by atoms with Gasteiger partial charge in [-0.2, -0.15) is 18.3 Å². The van der Waals surface area contributed by atoms with Gasteiger partial charge in [0.1, 0.15) is 48.2 Å². The maximum Gasteiger partial charge on any atom is 0.235 e. The highest BCUT2D eigenvalue weighted by Gasteiger charge is 2.23. The zero-order chi connectivity index (χ0) is 76.3. The number of aryl methyl sites for hydroxylation is 4. The summed E-state index contributed by atoms with van der Waals surface area (Å²) in [6.45, 7) is 15.0. The topological polar surface area (TPSA) is 113 Å². The van der Waals surface area contributed by atoms with Gasteiger partial charge in [0.15, 0.2) is 45.1 Å². The number of hydrogen-bond acceptors (Lipinski definition) is 9. The number of rotatable bonds is 45. The number of hydrogen-bond donors (Lipinski definition) is 0. The SMILES string of the molecule is CCCCCCCCCCCCCCOCCCCCCCCCCCC[n+]1c2ccccc2nc2c(OC)cccc21.CCCCCCCC[n+]1c2ccccc2nc2c(OC)cccc21.CCCCCCC[n+]1c2ccccc2nc2c(OC)cccc21.CCC[n+]1c2ccccc2nc2c(OC)cccc21.[CH3-].[CH3-].[CH3-].[CH3-]. The molecule has 0 spiro atoms. The molecule has 0 aliphatic carbocycles. The molecule has 4 aromatic heterocycles. The minimum atomic E-state index is 0. The van der Waals surface area contributed by atoms with Crippen molar-refractivity contribution in [2.45, 2.75) is 272 Å². The molecule has 4 heterocycles.